The van der Waals surface area contributed by atoms with Crippen molar-refractivity contribution in [2.75, 3.05) is 56.3 Å². The van der Waals surface area contributed by atoms with Gasteiger partial charge >= 0.3 is 6.03 Å². The molecule has 168 valence electrons. The highest BCUT2D eigenvalue weighted by molar-refractivity contribution is 7.98. The Kier molecular flexibility index (Phi) is 8.91. The molecule has 2 aromatic rings. The third-order valence-corrected chi connectivity index (χ3v) is 6.56. The first-order valence-corrected chi connectivity index (χ1v) is 12.2. The van der Waals surface area contributed by atoms with E-state index in [9.17, 15) is 4.79 Å². The molecule has 0 saturated carbocycles. The van der Waals surface area contributed by atoms with Gasteiger partial charge in [-0.15, -0.1) is 11.8 Å². The van der Waals surface area contributed by atoms with Crippen LogP contribution in [-0.4, -0.2) is 57.0 Å². The summed E-state index contributed by atoms with van der Waals surface area (Å²) in [5.74, 6) is 0.954. The van der Waals surface area contributed by atoms with Gasteiger partial charge in [-0.1, -0.05) is 24.6 Å². The molecule has 0 unspecified atom stereocenters. The number of anilines is 2. The van der Waals surface area contributed by atoms with E-state index in [1.807, 2.05) is 24.5 Å². The molecule has 6 nitrogen and oxygen atoms in total. The molecule has 1 fully saturated rings. The zero-order chi connectivity index (χ0) is 22.1. The highest BCUT2D eigenvalue weighted by Crippen LogP contribution is 2.29. The van der Waals surface area contributed by atoms with E-state index in [1.165, 1.54) is 24.1 Å². The second-order valence-corrected chi connectivity index (χ2v) is 8.68. The highest BCUT2D eigenvalue weighted by Gasteiger charge is 2.19. The van der Waals surface area contributed by atoms with Crippen molar-refractivity contribution in [1.29, 1.82) is 0 Å². The summed E-state index contributed by atoms with van der Waals surface area (Å²) in [7, 11) is 1.74. The largest absolute Gasteiger partial charge is 0.495 e. The lowest BCUT2D eigenvalue weighted by Crippen LogP contribution is -2.46. The van der Waals surface area contributed by atoms with Crippen molar-refractivity contribution < 1.29 is 9.53 Å². The minimum absolute atomic E-state index is 0.516. The van der Waals surface area contributed by atoms with Gasteiger partial charge in [-0.2, -0.15) is 0 Å². The van der Waals surface area contributed by atoms with Crippen molar-refractivity contribution in [1.82, 2.24) is 4.90 Å². The number of unbranched alkanes of at least 4 members (excludes halogenated alkanes) is 2. The summed E-state index contributed by atoms with van der Waals surface area (Å²) < 4.78 is 5.51. The summed E-state index contributed by atoms with van der Waals surface area (Å²) in [5, 5.41) is 2.73. The van der Waals surface area contributed by atoms with Crippen LogP contribution < -0.4 is 20.7 Å². The van der Waals surface area contributed by atoms with Crippen molar-refractivity contribution in [2.24, 2.45) is 5.73 Å². The zero-order valence-electron chi connectivity index (χ0n) is 18.6. The number of nitrogens with zero attached hydrogens (tertiary/aromatic N) is 2. The Morgan fingerprint density at radius 3 is 2.58 bits per heavy atom. The summed E-state index contributed by atoms with van der Waals surface area (Å²) in [5.41, 5.74) is 8.54. The Balaban J connectivity index is 1.37. The molecule has 1 saturated heterocycles. The molecule has 2 aromatic carbocycles. The molecule has 0 aliphatic carbocycles. The lowest BCUT2D eigenvalue weighted by Gasteiger charge is -2.36. The second-order valence-electron chi connectivity index (χ2n) is 7.84. The van der Waals surface area contributed by atoms with Crippen LogP contribution in [0.25, 0.3) is 0 Å². The van der Waals surface area contributed by atoms with Crippen LogP contribution in [0.4, 0.5) is 16.2 Å². The summed E-state index contributed by atoms with van der Waals surface area (Å²) in [6, 6.07) is 14.0. The van der Waals surface area contributed by atoms with E-state index >= 15 is 0 Å². The first-order valence-electron chi connectivity index (χ1n) is 10.9. The number of urea groups is 1. The summed E-state index contributed by atoms with van der Waals surface area (Å²) in [6.07, 6.45) is 6.58. The van der Waals surface area contributed by atoms with E-state index in [1.54, 1.807) is 18.9 Å². The number of carbonyl (C=O) groups excluding carboxylic acids is 1. The smallest absolute Gasteiger partial charge is 0.316 e. The molecule has 3 rings (SSSR count). The van der Waals surface area contributed by atoms with Gasteiger partial charge in [0.1, 0.15) is 5.75 Å². The first-order chi connectivity index (χ1) is 15.1. The lowest BCUT2D eigenvalue weighted by molar-refractivity contribution is 0.251. The average molecular weight is 443 g/mol. The van der Waals surface area contributed by atoms with E-state index in [-0.39, 0.29) is 0 Å². The molecule has 2 amide bonds. The predicted molar refractivity (Wildman–Crippen MR) is 131 cm³/mol. The molecule has 0 atom stereocenters. The number of amides is 2. The van der Waals surface area contributed by atoms with Crippen LogP contribution in [0, 0.1) is 0 Å². The van der Waals surface area contributed by atoms with Gasteiger partial charge in [0.2, 0.25) is 0 Å². The monoisotopic (exact) mass is 442 g/mol. The standard InChI is InChI=1S/C24H34N4O2S/c1-30-22-10-6-5-9-21(22)28-16-14-27(15-17-28)13-7-3-4-8-19-11-12-23(31-2)20(18-19)26-24(25)29/h5-6,9-12,18H,3-4,7-8,13-17H2,1-2H3,(H3,25,26,29). The Labute approximate surface area is 190 Å². The molecule has 31 heavy (non-hydrogen) atoms. The highest BCUT2D eigenvalue weighted by atomic mass is 32.2. The number of hydrogen-bond acceptors (Lipinski definition) is 5. The number of benzene rings is 2. The first kappa shape index (κ1) is 23.3. The molecule has 0 spiro atoms. The number of aryl methyl sites for hydroxylation is 1. The Bertz CT molecular complexity index is 853. The maximum absolute atomic E-state index is 11.2. The molecule has 0 radical (unpaired) electrons. The van der Waals surface area contributed by atoms with Crippen LogP contribution in [0.5, 0.6) is 5.75 Å². The molecule has 0 bridgehead atoms. The van der Waals surface area contributed by atoms with Crippen molar-refractivity contribution in [3.05, 3.63) is 48.0 Å². The maximum Gasteiger partial charge on any atom is 0.316 e. The third-order valence-electron chi connectivity index (χ3n) is 5.76. The normalized spacial score (nSPS) is 14.5. The topological polar surface area (TPSA) is 70.8 Å². The number of carbonyl (C=O) groups is 1. The fourth-order valence-electron chi connectivity index (χ4n) is 4.09. The summed E-state index contributed by atoms with van der Waals surface area (Å²) in [6.45, 7) is 5.42. The number of rotatable bonds is 10. The van der Waals surface area contributed by atoms with Gasteiger partial charge in [0.15, 0.2) is 0 Å². The van der Waals surface area contributed by atoms with Crippen molar-refractivity contribution in [2.45, 2.75) is 30.6 Å². The van der Waals surface area contributed by atoms with Crippen molar-refractivity contribution in [3.63, 3.8) is 0 Å². The minimum Gasteiger partial charge on any atom is -0.495 e. The van der Waals surface area contributed by atoms with Crippen LogP contribution in [0.1, 0.15) is 24.8 Å². The summed E-state index contributed by atoms with van der Waals surface area (Å²) in [4.78, 5) is 17.2. The fraction of sp³-hybridized carbons (Fsp3) is 0.458. The predicted octanol–water partition coefficient (Wildman–Crippen LogP) is 4.44. The molecular formula is C24H34N4O2S. The van der Waals surface area contributed by atoms with Gasteiger partial charge < -0.3 is 20.7 Å². The molecule has 0 aromatic heterocycles. The summed E-state index contributed by atoms with van der Waals surface area (Å²) >= 11 is 1.61. The number of hydrogen-bond donors (Lipinski definition) is 2. The Hall–Kier alpha value is -2.38. The van der Waals surface area contributed by atoms with E-state index in [2.05, 4.69) is 39.4 Å². The van der Waals surface area contributed by atoms with Crippen LogP contribution in [-0.2, 0) is 6.42 Å². The molecule has 1 heterocycles. The van der Waals surface area contributed by atoms with Gasteiger partial charge in [-0.25, -0.2) is 4.79 Å². The van der Waals surface area contributed by atoms with E-state index in [0.29, 0.717) is 0 Å². The molecule has 7 heteroatoms. The SMILES string of the molecule is COc1ccccc1N1CCN(CCCCCc2ccc(SC)c(NC(N)=O)c2)CC1. The molecule has 1 aliphatic rings. The number of ether oxygens (including phenoxy) is 1. The quantitative estimate of drug-likeness (QED) is 0.420. The van der Waals surface area contributed by atoms with Crippen molar-refractivity contribution >= 4 is 29.2 Å². The number of thioether (sulfide) groups is 1. The van der Waals surface area contributed by atoms with Crippen LogP contribution >= 0.6 is 11.8 Å². The number of nitrogens with two attached hydrogens (primary N) is 1. The van der Waals surface area contributed by atoms with Gasteiger partial charge in [-0.05, 0) is 61.9 Å². The molecule has 1 aliphatic heterocycles. The maximum atomic E-state index is 11.2. The van der Waals surface area contributed by atoms with E-state index in [4.69, 9.17) is 10.5 Å². The minimum atomic E-state index is -0.516. The molecule has 3 N–H and O–H groups in total. The van der Waals surface area contributed by atoms with Gasteiger partial charge in [-0.3, -0.25) is 4.90 Å². The van der Waals surface area contributed by atoms with Gasteiger partial charge in [0, 0.05) is 31.1 Å². The number of para-hydroxylation sites is 2. The second kappa shape index (κ2) is 11.9. The van der Waals surface area contributed by atoms with Gasteiger partial charge in [0.05, 0.1) is 18.5 Å². The van der Waals surface area contributed by atoms with E-state index in [0.717, 1.165) is 61.9 Å². The third kappa shape index (κ3) is 6.80. The van der Waals surface area contributed by atoms with E-state index < -0.39 is 6.03 Å². The average Bonchev–Trinajstić information content (AvgIpc) is 2.79. The lowest BCUT2D eigenvalue weighted by atomic mass is 10.1. The molecular weight excluding hydrogens is 408 g/mol. The Morgan fingerprint density at radius 1 is 1.10 bits per heavy atom. The number of methoxy groups -OCH3 is 1. The number of nitrogens with one attached hydrogen (secondary N) is 1. The fourth-order valence-corrected chi connectivity index (χ4v) is 4.62. The van der Waals surface area contributed by atoms with Gasteiger partial charge in [0.25, 0.3) is 0 Å². The van der Waals surface area contributed by atoms with Crippen LogP contribution in [0.3, 0.4) is 0 Å². The number of piperazine rings is 1. The Morgan fingerprint density at radius 2 is 1.87 bits per heavy atom. The van der Waals surface area contributed by atoms with Crippen molar-refractivity contribution in [3.8, 4) is 5.75 Å². The zero-order valence-corrected chi connectivity index (χ0v) is 19.4. The van der Waals surface area contributed by atoms with Crippen LogP contribution in [0.2, 0.25) is 0 Å². The van der Waals surface area contributed by atoms with Crippen LogP contribution in [0.15, 0.2) is 47.4 Å². The number of primary amides is 1.